The normalized spacial score (nSPS) is 27.7. The largest absolute Gasteiger partial charge is 0.382 e. The molecule has 6 heteroatoms. The van der Waals surface area contributed by atoms with Crippen LogP contribution in [-0.2, 0) is 5.41 Å². The number of aromatic nitrogens is 3. The number of anilines is 3. The van der Waals surface area contributed by atoms with Gasteiger partial charge in [-0.15, -0.1) is 5.10 Å². The SMILES string of the molecule is Nc1nn2ccnc2c(Nc2ccccc2)c1C12CCC(N)(CC1)CC2. The molecule has 6 rings (SSSR count). The summed E-state index contributed by atoms with van der Waals surface area (Å²) < 4.78 is 1.76. The van der Waals surface area contributed by atoms with E-state index >= 15 is 0 Å². The minimum absolute atomic E-state index is 0.0222. The molecule has 0 aliphatic heterocycles. The summed E-state index contributed by atoms with van der Waals surface area (Å²) in [6.07, 6.45) is 9.97. The fourth-order valence-electron chi connectivity index (χ4n) is 4.87. The van der Waals surface area contributed by atoms with E-state index in [9.17, 15) is 0 Å². The summed E-state index contributed by atoms with van der Waals surface area (Å²) in [6, 6.07) is 10.2. The summed E-state index contributed by atoms with van der Waals surface area (Å²) in [7, 11) is 0. The smallest absolute Gasteiger partial charge is 0.177 e. The van der Waals surface area contributed by atoms with Crippen LogP contribution in [0.1, 0.15) is 44.1 Å². The molecule has 0 spiro atoms. The number of nitrogen functional groups attached to an aromatic ring is 1. The molecule has 0 amide bonds. The van der Waals surface area contributed by atoms with E-state index in [1.54, 1.807) is 10.7 Å². The van der Waals surface area contributed by atoms with E-state index in [1.165, 1.54) is 0 Å². The number of benzene rings is 1. The topological polar surface area (TPSA) is 94.3 Å². The Hall–Kier alpha value is -2.60. The highest BCUT2D eigenvalue weighted by molar-refractivity contribution is 5.81. The average Bonchev–Trinajstić information content (AvgIpc) is 3.12. The summed E-state index contributed by atoms with van der Waals surface area (Å²) in [6.45, 7) is 0. The fraction of sp³-hybridized carbons (Fsp3) is 0.400. The van der Waals surface area contributed by atoms with Crippen LogP contribution in [-0.4, -0.2) is 20.1 Å². The Morgan fingerprint density at radius 1 is 1.00 bits per heavy atom. The first-order valence-corrected chi connectivity index (χ1v) is 9.33. The predicted molar refractivity (Wildman–Crippen MR) is 103 cm³/mol. The van der Waals surface area contributed by atoms with Gasteiger partial charge in [-0.1, -0.05) is 18.2 Å². The van der Waals surface area contributed by atoms with Gasteiger partial charge in [0.25, 0.3) is 0 Å². The lowest BCUT2D eigenvalue weighted by Gasteiger charge is -2.52. The summed E-state index contributed by atoms with van der Waals surface area (Å²) in [5, 5.41) is 8.19. The van der Waals surface area contributed by atoms with Crippen molar-refractivity contribution in [2.24, 2.45) is 5.73 Å². The highest BCUT2D eigenvalue weighted by atomic mass is 15.3. The number of hydrogen-bond donors (Lipinski definition) is 3. The number of rotatable bonds is 3. The summed E-state index contributed by atoms with van der Waals surface area (Å²) in [5.41, 5.74) is 17.1. The Morgan fingerprint density at radius 2 is 1.69 bits per heavy atom. The Labute approximate surface area is 152 Å². The van der Waals surface area contributed by atoms with Crippen molar-refractivity contribution < 1.29 is 0 Å². The second-order valence-corrected chi connectivity index (χ2v) is 7.96. The molecule has 2 bridgehead atoms. The maximum absolute atomic E-state index is 6.53. The van der Waals surface area contributed by atoms with Crippen LogP contribution in [0.5, 0.6) is 0 Å². The van der Waals surface area contributed by atoms with E-state index in [0.717, 1.165) is 61.1 Å². The third kappa shape index (κ3) is 2.29. The molecular formula is C20H24N6. The maximum Gasteiger partial charge on any atom is 0.177 e. The highest BCUT2D eigenvalue weighted by Crippen LogP contribution is 2.55. The van der Waals surface area contributed by atoms with Crippen LogP contribution in [0.2, 0.25) is 0 Å². The number of fused-ring (bicyclic) bond motifs is 4. The van der Waals surface area contributed by atoms with Crippen molar-refractivity contribution in [3.05, 3.63) is 48.3 Å². The van der Waals surface area contributed by atoms with Crippen molar-refractivity contribution in [1.29, 1.82) is 0 Å². The van der Waals surface area contributed by atoms with Crippen LogP contribution in [0.3, 0.4) is 0 Å². The van der Waals surface area contributed by atoms with Gasteiger partial charge in [0.1, 0.15) is 5.82 Å². The molecule has 2 aromatic heterocycles. The van der Waals surface area contributed by atoms with Gasteiger partial charge in [0, 0.05) is 34.6 Å². The first kappa shape index (κ1) is 15.6. The zero-order valence-electron chi connectivity index (χ0n) is 14.8. The molecule has 3 saturated carbocycles. The Balaban J connectivity index is 1.69. The molecule has 3 fully saturated rings. The first-order chi connectivity index (χ1) is 12.6. The van der Waals surface area contributed by atoms with Gasteiger partial charge in [-0.3, -0.25) is 0 Å². The monoisotopic (exact) mass is 348 g/mol. The Kier molecular flexibility index (Phi) is 3.28. The molecule has 134 valence electrons. The Morgan fingerprint density at radius 3 is 2.38 bits per heavy atom. The van der Waals surface area contributed by atoms with Gasteiger partial charge in [0.2, 0.25) is 0 Å². The Bertz CT molecular complexity index is 937. The first-order valence-electron chi connectivity index (χ1n) is 9.33. The average molecular weight is 348 g/mol. The number of nitrogens with one attached hydrogen (secondary N) is 1. The van der Waals surface area contributed by atoms with Gasteiger partial charge in [-0.25, -0.2) is 9.50 Å². The van der Waals surface area contributed by atoms with Crippen LogP contribution >= 0.6 is 0 Å². The van der Waals surface area contributed by atoms with Crippen molar-refractivity contribution in [1.82, 2.24) is 14.6 Å². The van der Waals surface area contributed by atoms with E-state index in [0.29, 0.717) is 5.82 Å². The maximum atomic E-state index is 6.53. The summed E-state index contributed by atoms with van der Waals surface area (Å²) in [5.74, 6) is 0.598. The molecule has 5 N–H and O–H groups in total. The molecular weight excluding hydrogens is 324 g/mol. The molecule has 2 heterocycles. The van der Waals surface area contributed by atoms with E-state index in [1.807, 2.05) is 24.4 Å². The van der Waals surface area contributed by atoms with Gasteiger partial charge in [-0.2, -0.15) is 0 Å². The quantitative estimate of drug-likeness (QED) is 0.675. The fourth-order valence-corrected chi connectivity index (χ4v) is 4.87. The molecule has 0 radical (unpaired) electrons. The molecule has 1 aromatic carbocycles. The summed E-state index contributed by atoms with van der Waals surface area (Å²) >= 11 is 0. The standard InChI is InChI=1S/C20H24N6/c21-17-15(19-6-9-20(22,10-7-19)11-8-19)16(18-23-12-13-26(18)25-17)24-14-4-2-1-3-5-14/h1-5,12-13,24H,6-11,22H2,(H2,21,25). The lowest BCUT2D eigenvalue weighted by Crippen LogP contribution is -2.53. The van der Waals surface area contributed by atoms with Crippen molar-refractivity contribution in [3.63, 3.8) is 0 Å². The number of hydrogen-bond acceptors (Lipinski definition) is 5. The number of para-hydroxylation sites is 1. The number of nitrogens with zero attached hydrogens (tertiary/aromatic N) is 3. The van der Waals surface area contributed by atoms with Crippen molar-refractivity contribution >= 4 is 22.8 Å². The third-order valence-corrected chi connectivity index (χ3v) is 6.44. The predicted octanol–water partition coefficient (Wildman–Crippen LogP) is 3.36. The van der Waals surface area contributed by atoms with Crippen LogP contribution in [0, 0.1) is 0 Å². The lowest BCUT2D eigenvalue weighted by atomic mass is 9.55. The molecule has 26 heavy (non-hydrogen) atoms. The molecule has 3 aliphatic carbocycles. The van der Waals surface area contributed by atoms with Gasteiger partial charge in [0.05, 0.1) is 5.69 Å². The molecule has 3 aromatic rings. The highest BCUT2D eigenvalue weighted by Gasteiger charge is 2.49. The second kappa shape index (κ2) is 5.45. The van der Waals surface area contributed by atoms with Gasteiger partial charge in [0.15, 0.2) is 5.65 Å². The molecule has 0 atom stereocenters. The van der Waals surface area contributed by atoms with Crippen LogP contribution in [0.25, 0.3) is 5.65 Å². The van der Waals surface area contributed by atoms with E-state index in [-0.39, 0.29) is 11.0 Å². The molecule has 0 saturated heterocycles. The molecule has 3 aliphatic rings. The van der Waals surface area contributed by atoms with Crippen LogP contribution in [0.4, 0.5) is 17.2 Å². The number of nitrogens with two attached hydrogens (primary N) is 2. The van der Waals surface area contributed by atoms with E-state index in [2.05, 4.69) is 27.5 Å². The van der Waals surface area contributed by atoms with E-state index in [4.69, 9.17) is 11.5 Å². The van der Waals surface area contributed by atoms with Crippen LogP contribution in [0.15, 0.2) is 42.7 Å². The van der Waals surface area contributed by atoms with Gasteiger partial charge < -0.3 is 16.8 Å². The summed E-state index contributed by atoms with van der Waals surface area (Å²) in [4.78, 5) is 4.56. The van der Waals surface area contributed by atoms with Crippen molar-refractivity contribution in [2.45, 2.75) is 49.5 Å². The zero-order chi connectivity index (χ0) is 17.8. The zero-order valence-corrected chi connectivity index (χ0v) is 14.8. The van der Waals surface area contributed by atoms with Crippen LogP contribution < -0.4 is 16.8 Å². The van der Waals surface area contributed by atoms with E-state index < -0.39 is 0 Å². The minimum Gasteiger partial charge on any atom is -0.382 e. The lowest BCUT2D eigenvalue weighted by molar-refractivity contribution is 0.108. The minimum atomic E-state index is 0.0222. The molecule has 0 unspecified atom stereocenters. The van der Waals surface area contributed by atoms with Crippen molar-refractivity contribution in [3.8, 4) is 0 Å². The van der Waals surface area contributed by atoms with Gasteiger partial charge in [-0.05, 0) is 50.7 Å². The van der Waals surface area contributed by atoms with Gasteiger partial charge >= 0.3 is 0 Å². The number of imidazole rings is 1. The van der Waals surface area contributed by atoms with Crippen molar-refractivity contribution in [2.75, 3.05) is 11.1 Å². The third-order valence-electron chi connectivity index (χ3n) is 6.44. The second-order valence-electron chi connectivity index (χ2n) is 7.96. The molecule has 6 nitrogen and oxygen atoms in total.